The Labute approximate surface area is 150 Å². The summed E-state index contributed by atoms with van der Waals surface area (Å²) in [6.45, 7) is 0. The minimum absolute atomic E-state index is 0.0949. The molecule has 2 heterocycles. The fraction of sp³-hybridized carbons (Fsp3) is 0. The Kier molecular flexibility index (Phi) is 3.76. The van der Waals surface area contributed by atoms with Crippen molar-refractivity contribution in [3.05, 3.63) is 70.4 Å². The number of hydrogen-bond donors (Lipinski definition) is 2. The van der Waals surface area contributed by atoms with E-state index >= 15 is 0 Å². The number of rotatable bonds is 3. The maximum atomic E-state index is 13.9. The lowest BCUT2D eigenvalue weighted by Gasteiger charge is -2.06. The molecule has 27 heavy (non-hydrogen) atoms. The first kappa shape index (κ1) is 16.6. The third-order valence-electron chi connectivity index (χ3n) is 4.05. The molecular weight excluding hydrogens is 356 g/mol. The van der Waals surface area contributed by atoms with Gasteiger partial charge in [0.1, 0.15) is 17.5 Å². The van der Waals surface area contributed by atoms with Crippen LogP contribution in [0.1, 0.15) is 0 Å². The lowest BCUT2D eigenvalue weighted by molar-refractivity contribution is -0.384. The molecule has 0 fully saturated rings. The number of nitro groups is 1. The number of benzene rings is 2. The number of anilines is 1. The number of halogens is 2. The van der Waals surface area contributed by atoms with Crippen molar-refractivity contribution in [3.8, 4) is 22.6 Å². The largest absolute Gasteiger partial charge is 0.384 e. The third-order valence-corrected chi connectivity index (χ3v) is 4.05. The molecule has 2 aromatic carbocycles. The molecule has 0 radical (unpaired) electrons. The standard InChI is InChI=1S/C18H11F2N5O2/c19-10-5-12-13(8-22-17(12)14(20)6-10)18-23-15(7-16(21)24-18)9-2-1-3-11(4-9)25(26)27/h1-8,22H,(H2,21,23,24). The monoisotopic (exact) mass is 367 g/mol. The number of hydrogen-bond acceptors (Lipinski definition) is 5. The highest BCUT2D eigenvalue weighted by Gasteiger charge is 2.16. The van der Waals surface area contributed by atoms with Gasteiger partial charge in [0.25, 0.3) is 5.69 Å². The van der Waals surface area contributed by atoms with Gasteiger partial charge >= 0.3 is 0 Å². The van der Waals surface area contributed by atoms with E-state index in [9.17, 15) is 18.9 Å². The van der Waals surface area contributed by atoms with Gasteiger partial charge in [-0.05, 0) is 6.07 Å². The van der Waals surface area contributed by atoms with Crippen LogP contribution in [-0.2, 0) is 0 Å². The molecule has 0 unspecified atom stereocenters. The van der Waals surface area contributed by atoms with Crippen LogP contribution in [0.3, 0.4) is 0 Å². The van der Waals surface area contributed by atoms with Crippen molar-refractivity contribution in [1.82, 2.24) is 15.0 Å². The molecule has 0 bridgehead atoms. The predicted octanol–water partition coefficient (Wildman–Crippen LogP) is 4.06. The molecule has 0 saturated carbocycles. The zero-order chi connectivity index (χ0) is 19.1. The van der Waals surface area contributed by atoms with E-state index in [1.807, 2.05) is 0 Å². The van der Waals surface area contributed by atoms with Gasteiger partial charge in [-0.15, -0.1) is 0 Å². The van der Waals surface area contributed by atoms with Crippen molar-refractivity contribution >= 4 is 22.4 Å². The number of aromatic nitrogens is 3. The molecule has 4 rings (SSSR count). The minimum Gasteiger partial charge on any atom is -0.384 e. The Morgan fingerprint density at radius 2 is 1.93 bits per heavy atom. The lowest BCUT2D eigenvalue weighted by atomic mass is 10.1. The molecule has 0 aliphatic heterocycles. The number of H-pyrrole nitrogens is 1. The first-order valence-electron chi connectivity index (χ1n) is 7.78. The van der Waals surface area contributed by atoms with Gasteiger partial charge in [0, 0.05) is 47.0 Å². The molecule has 9 heteroatoms. The molecule has 4 aromatic rings. The van der Waals surface area contributed by atoms with Gasteiger partial charge in [0.15, 0.2) is 5.82 Å². The molecule has 2 aromatic heterocycles. The maximum Gasteiger partial charge on any atom is 0.270 e. The molecule has 0 spiro atoms. The first-order chi connectivity index (χ1) is 12.9. The van der Waals surface area contributed by atoms with E-state index < -0.39 is 16.6 Å². The van der Waals surface area contributed by atoms with Crippen molar-refractivity contribution in [1.29, 1.82) is 0 Å². The van der Waals surface area contributed by atoms with Crippen LogP contribution in [0.5, 0.6) is 0 Å². The molecule has 134 valence electrons. The van der Waals surface area contributed by atoms with Crippen LogP contribution in [0.25, 0.3) is 33.5 Å². The van der Waals surface area contributed by atoms with Gasteiger partial charge in [-0.1, -0.05) is 12.1 Å². The highest BCUT2D eigenvalue weighted by molar-refractivity contribution is 5.94. The van der Waals surface area contributed by atoms with Crippen molar-refractivity contribution in [2.24, 2.45) is 0 Å². The van der Waals surface area contributed by atoms with Gasteiger partial charge in [-0.25, -0.2) is 18.7 Å². The van der Waals surface area contributed by atoms with E-state index in [0.717, 1.165) is 6.07 Å². The molecule has 0 atom stereocenters. The number of nitrogens with two attached hydrogens (primary N) is 1. The first-order valence-corrected chi connectivity index (χ1v) is 7.78. The number of non-ortho nitro benzene ring substituents is 1. The summed E-state index contributed by atoms with van der Waals surface area (Å²) >= 11 is 0. The van der Waals surface area contributed by atoms with E-state index in [-0.39, 0.29) is 28.2 Å². The predicted molar refractivity (Wildman–Crippen MR) is 95.7 cm³/mol. The number of fused-ring (bicyclic) bond motifs is 1. The molecule has 0 aliphatic carbocycles. The van der Waals surface area contributed by atoms with Crippen LogP contribution in [0.15, 0.2) is 48.7 Å². The molecule has 0 saturated heterocycles. The Morgan fingerprint density at radius 1 is 1.11 bits per heavy atom. The zero-order valence-corrected chi connectivity index (χ0v) is 13.6. The number of nitrogen functional groups attached to an aromatic ring is 1. The second-order valence-electron chi connectivity index (χ2n) is 5.82. The van der Waals surface area contributed by atoms with E-state index in [1.54, 1.807) is 6.07 Å². The summed E-state index contributed by atoms with van der Waals surface area (Å²) in [5.74, 6) is -1.21. The van der Waals surface area contributed by atoms with Crippen LogP contribution < -0.4 is 5.73 Å². The summed E-state index contributed by atoms with van der Waals surface area (Å²) in [4.78, 5) is 21.7. The van der Waals surface area contributed by atoms with Crippen LogP contribution in [0.4, 0.5) is 20.3 Å². The average Bonchev–Trinajstić information content (AvgIpc) is 3.05. The van der Waals surface area contributed by atoms with Crippen LogP contribution in [0, 0.1) is 21.7 Å². The number of nitrogens with zero attached hydrogens (tertiary/aromatic N) is 3. The smallest absolute Gasteiger partial charge is 0.270 e. The van der Waals surface area contributed by atoms with Gasteiger partial charge < -0.3 is 10.7 Å². The summed E-state index contributed by atoms with van der Waals surface area (Å²) in [7, 11) is 0. The van der Waals surface area contributed by atoms with Crippen molar-refractivity contribution < 1.29 is 13.7 Å². The molecule has 0 amide bonds. The lowest BCUT2D eigenvalue weighted by Crippen LogP contribution is -1.98. The summed E-state index contributed by atoms with van der Waals surface area (Å²) < 4.78 is 27.6. The Morgan fingerprint density at radius 3 is 2.70 bits per heavy atom. The highest BCUT2D eigenvalue weighted by atomic mass is 19.1. The average molecular weight is 367 g/mol. The molecule has 7 nitrogen and oxygen atoms in total. The van der Waals surface area contributed by atoms with Crippen molar-refractivity contribution in [2.45, 2.75) is 0 Å². The maximum absolute atomic E-state index is 13.9. The van der Waals surface area contributed by atoms with E-state index in [4.69, 9.17) is 5.73 Å². The summed E-state index contributed by atoms with van der Waals surface area (Å²) in [5.41, 5.74) is 7.07. The van der Waals surface area contributed by atoms with Crippen LogP contribution in [0.2, 0.25) is 0 Å². The normalized spacial score (nSPS) is 11.0. The number of aromatic amines is 1. The fourth-order valence-corrected chi connectivity index (χ4v) is 2.85. The quantitative estimate of drug-likeness (QED) is 0.419. The van der Waals surface area contributed by atoms with Crippen molar-refractivity contribution in [3.63, 3.8) is 0 Å². The third kappa shape index (κ3) is 2.95. The minimum atomic E-state index is -0.737. The van der Waals surface area contributed by atoms with Gasteiger partial charge in [0.2, 0.25) is 0 Å². The van der Waals surface area contributed by atoms with Gasteiger partial charge in [-0.2, -0.15) is 0 Å². The second kappa shape index (κ2) is 6.13. The molecular formula is C18H11F2N5O2. The van der Waals surface area contributed by atoms with Gasteiger partial charge in [-0.3, -0.25) is 10.1 Å². The summed E-state index contributed by atoms with van der Waals surface area (Å²) in [5, 5.41) is 11.3. The zero-order valence-electron chi connectivity index (χ0n) is 13.6. The SMILES string of the molecule is Nc1cc(-c2cccc([N+](=O)[O-])c2)nc(-c2c[nH]c3c(F)cc(F)cc23)n1. The highest BCUT2D eigenvalue weighted by Crippen LogP contribution is 2.31. The Hall–Kier alpha value is -3.88. The molecule has 0 aliphatic rings. The fourth-order valence-electron chi connectivity index (χ4n) is 2.85. The van der Waals surface area contributed by atoms with Crippen LogP contribution in [-0.4, -0.2) is 19.9 Å². The summed E-state index contributed by atoms with van der Waals surface area (Å²) in [6.07, 6.45) is 1.46. The van der Waals surface area contributed by atoms with E-state index in [0.29, 0.717) is 16.8 Å². The molecule has 3 N–H and O–H groups in total. The van der Waals surface area contributed by atoms with Gasteiger partial charge in [0.05, 0.1) is 16.1 Å². The summed E-state index contributed by atoms with van der Waals surface area (Å²) in [6, 6.07) is 9.31. The Bertz CT molecular complexity index is 1210. The number of nitro benzene ring substituents is 1. The topological polar surface area (TPSA) is 111 Å². The van der Waals surface area contributed by atoms with E-state index in [1.165, 1.54) is 36.5 Å². The van der Waals surface area contributed by atoms with Crippen LogP contribution >= 0.6 is 0 Å². The number of nitrogens with one attached hydrogen (secondary N) is 1. The van der Waals surface area contributed by atoms with E-state index in [2.05, 4.69) is 15.0 Å². The Balaban J connectivity index is 1.89. The second-order valence-corrected chi connectivity index (χ2v) is 5.82. The van der Waals surface area contributed by atoms with Crippen molar-refractivity contribution in [2.75, 3.05) is 5.73 Å².